The van der Waals surface area contributed by atoms with Gasteiger partial charge in [-0.2, -0.15) is 0 Å². The molecule has 1 aromatic heterocycles. The maximum Gasteiger partial charge on any atom is 0.339 e. The third-order valence-corrected chi connectivity index (χ3v) is 3.71. The van der Waals surface area contributed by atoms with E-state index in [4.69, 9.17) is 25.5 Å². The molecule has 1 atom stereocenters. The highest BCUT2D eigenvalue weighted by Crippen LogP contribution is 2.28. The van der Waals surface area contributed by atoms with Crippen LogP contribution < -0.4 is 0 Å². The zero-order valence-electron chi connectivity index (χ0n) is 12.6. The molecule has 23 heavy (non-hydrogen) atoms. The molecule has 0 bridgehead atoms. The van der Waals surface area contributed by atoms with Crippen molar-refractivity contribution in [1.82, 2.24) is 4.98 Å². The van der Waals surface area contributed by atoms with Gasteiger partial charge in [-0.15, -0.1) is 0 Å². The predicted octanol–water partition coefficient (Wildman–Crippen LogP) is 4.01. The fourth-order valence-corrected chi connectivity index (χ4v) is 2.42. The van der Waals surface area contributed by atoms with E-state index in [0.717, 1.165) is 5.56 Å². The van der Waals surface area contributed by atoms with Gasteiger partial charge in [0, 0.05) is 17.7 Å². The Morgan fingerprint density at radius 2 is 1.91 bits per heavy atom. The SMILES string of the molecule is COC(=O)C(OC)c1ccc2oc(-c3ccc(Cl)cc3)nc2c1. The topological polar surface area (TPSA) is 61.6 Å². The van der Waals surface area contributed by atoms with Crippen molar-refractivity contribution in [1.29, 1.82) is 0 Å². The summed E-state index contributed by atoms with van der Waals surface area (Å²) in [5.41, 5.74) is 2.74. The normalized spacial score (nSPS) is 12.3. The smallest absolute Gasteiger partial charge is 0.339 e. The number of aromatic nitrogens is 1. The number of ether oxygens (including phenoxy) is 2. The number of nitrogens with zero attached hydrogens (tertiary/aromatic N) is 1. The Morgan fingerprint density at radius 3 is 2.57 bits per heavy atom. The molecule has 0 fully saturated rings. The Kier molecular flexibility index (Phi) is 4.32. The molecule has 0 amide bonds. The lowest BCUT2D eigenvalue weighted by Gasteiger charge is -2.12. The van der Waals surface area contributed by atoms with Crippen molar-refractivity contribution < 1.29 is 18.7 Å². The number of oxazole rings is 1. The van der Waals surface area contributed by atoms with Gasteiger partial charge in [-0.25, -0.2) is 9.78 Å². The van der Waals surface area contributed by atoms with Gasteiger partial charge in [0.25, 0.3) is 0 Å². The van der Waals surface area contributed by atoms with Crippen LogP contribution in [-0.4, -0.2) is 25.2 Å². The molecule has 0 aliphatic heterocycles. The van der Waals surface area contributed by atoms with Gasteiger partial charge >= 0.3 is 5.97 Å². The Bertz CT molecular complexity index is 841. The first-order valence-electron chi connectivity index (χ1n) is 6.89. The van der Waals surface area contributed by atoms with E-state index >= 15 is 0 Å². The minimum atomic E-state index is -0.792. The Balaban J connectivity index is 2.00. The first-order valence-corrected chi connectivity index (χ1v) is 7.27. The van der Waals surface area contributed by atoms with Gasteiger partial charge < -0.3 is 13.9 Å². The number of hydrogen-bond donors (Lipinski definition) is 0. The van der Waals surface area contributed by atoms with Crippen LogP contribution >= 0.6 is 11.6 Å². The molecular formula is C17H14ClNO4. The van der Waals surface area contributed by atoms with Crippen molar-refractivity contribution in [2.75, 3.05) is 14.2 Å². The molecule has 0 saturated heterocycles. The highest BCUT2D eigenvalue weighted by Gasteiger charge is 2.22. The summed E-state index contributed by atoms with van der Waals surface area (Å²) in [6, 6.07) is 12.5. The maximum atomic E-state index is 11.7. The number of methoxy groups -OCH3 is 2. The van der Waals surface area contributed by atoms with Gasteiger partial charge in [-0.3, -0.25) is 0 Å². The van der Waals surface area contributed by atoms with E-state index in [2.05, 4.69) is 4.98 Å². The van der Waals surface area contributed by atoms with Crippen molar-refractivity contribution in [2.24, 2.45) is 0 Å². The van der Waals surface area contributed by atoms with Gasteiger partial charge in [0.05, 0.1) is 7.11 Å². The Morgan fingerprint density at radius 1 is 1.17 bits per heavy atom. The second-order valence-corrected chi connectivity index (χ2v) is 5.33. The molecule has 3 rings (SSSR count). The van der Waals surface area contributed by atoms with Crippen LogP contribution in [0.25, 0.3) is 22.6 Å². The summed E-state index contributed by atoms with van der Waals surface area (Å²) in [4.78, 5) is 16.2. The molecule has 0 N–H and O–H groups in total. The summed E-state index contributed by atoms with van der Waals surface area (Å²) in [6.07, 6.45) is -0.792. The predicted molar refractivity (Wildman–Crippen MR) is 86.2 cm³/mol. The number of benzene rings is 2. The highest BCUT2D eigenvalue weighted by molar-refractivity contribution is 6.30. The van der Waals surface area contributed by atoms with Gasteiger partial charge in [0.15, 0.2) is 11.7 Å². The number of carbonyl (C=O) groups is 1. The minimum absolute atomic E-state index is 0.465. The lowest BCUT2D eigenvalue weighted by atomic mass is 10.1. The van der Waals surface area contributed by atoms with E-state index in [1.807, 2.05) is 12.1 Å². The number of carbonyl (C=O) groups excluding carboxylic acids is 1. The minimum Gasteiger partial charge on any atom is -0.467 e. The summed E-state index contributed by atoms with van der Waals surface area (Å²) in [7, 11) is 2.77. The molecule has 6 heteroatoms. The van der Waals surface area contributed by atoms with Gasteiger partial charge in [-0.05, 0) is 42.0 Å². The summed E-state index contributed by atoms with van der Waals surface area (Å²) in [6.45, 7) is 0. The molecule has 0 spiro atoms. The molecule has 118 valence electrons. The third kappa shape index (κ3) is 3.06. The Labute approximate surface area is 137 Å². The number of halogens is 1. The van der Waals surface area contributed by atoms with Crippen molar-refractivity contribution in [3.05, 3.63) is 53.1 Å². The molecule has 0 radical (unpaired) electrons. The fraction of sp³-hybridized carbons (Fsp3) is 0.176. The zero-order valence-corrected chi connectivity index (χ0v) is 13.3. The number of fused-ring (bicyclic) bond motifs is 1. The molecule has 5 nitrogen and oxygen atoms in total. The Hall–Kier alpha value is -2.37. The lowest BCUT2D eigenvalue weighted by molar-refractivity contribution is -0.152. The molecular weight excluding hydrogens is 318 g/mol. The molecule has 1 heterocycles. The second kappa shape index (κ2) is 6.40. The summed E-state index contributed by atoms with van der Waals surface area (Å²) in [5, 5.41) is 0.646. The number of esters is 1. The fourth-order valence-electron chi connectivity index (χ4n) is 2.30. The van der Waals surface area contributed by atoms with Gasteiger partial charge in [-0.1, -0.05) is 17.7 Å². The van der Waals surface area contributed by atoms with Crippen LogP contribution in [0.2, 0.25) is 5.02 Å². The first-order chi connectivity index (χ1) is 11.1. The quantitative estimate of drug-likeness (QED) is 0.676. The van der Waals surface area contributed by atoms with Gasteiger partial charge in [0.1, 0.15) is 5.52 Å². The summed E-state index contributed by atoms with van der Waals surface area (Å²) in [5.74, 6) is 0.0223. The largest absolute Gasteiger partial charge is 0.467 e. The van der Waals surface area contributed by atoms with Crippen LogP contribution in [0.5, 0.6) is 0 Å². The highest BCUT2D eigenvalue weighted by atomic mass is 35.5. The molecule has 0 saturated carbocycles. The van der Waals surface area contributed by atoms with E-state index in [0.29, 0.717) is 27.6 Å². The molecule has 0 aliphatic rings. The molecule has 1 unspecified atom stereocenters. The average Bonchev–Trinajstić information content (AvgIpc) is 2.99. The first kappa shape index (κ1) is 15.5. The molecule has 2 aromatic carbocycles. The van der Waals surface area contributed by atoms with Crippen molar-refractivity contribution in [3.8, 4) is 11.5 Å². The van der Waals surface area contributed by atoms with Crippen LogP contribution in [0, 0.1) is 0 Å². The van der Waals surface area contributed by atoms with Gasteiger partial charge in [0.2, 0.25) is 5.89 Å². The monoisotopic (exact) mass is 331 g/mol. The standard InChI is InChI=1S/C17H14ClNO4/c1-21-15(17(20)22-2)11-5-8-14-13(9-11)19-16(23-14)10-3-6-12(18)7-4-10/h3-9,15H,1-2H3. The van der Waals surface area contributed by atoms with E-state index in [1.165, 1.54) is 14.2 Å². The van der Waals surface area contributed by atoms with Crippen LogP contribution in [0.4, 0.5) is 0 Å². The summed E-state index contributed by atoms with van der Waals surface area (Å²) >= 11 is 5.88. The second-order valence-electron chi connectivity index (χ2n) is 4.89. The van der Waals surface area contributed by atoms with Crippen molar-refractivity contribution in [3.63, 3.8) is 0 Å². The number of hydrogen-bond acceptors (Lipinski definition) is 5. The lowest BCUT2D eigenvalue weighted by Crippen LogP contribution is -2.15. The molecule has 0 aliphatic carbocycles. The molecule has 3 aromatic rings. The van der Waals surface area contributed by atoms with Crippen molar-refractivity contribution in [2.45, 2.75) is 6.10 Å². The van der Waals surface area contributed by atoms with E-state index in [1.54, 1.807) is 30.3 Å². The van der Waals surface area contributed by atoms with Crippen molar-refractivity contribution >= 4 is 28.7 Å². The van der Waals surface area contributed by atoms with Crippen LogP contribution in [0.1, 0.15) is 11.7 Å². The van der Waals surface area contributed by atoms with E-state index < -0.39 is 12.1 Å². The number of rotatable bonds is 4. The summed E-state index contributed by atoms with van der Waals surface area (Å²) < 4.78 is 15.7. The van der Waals surface area contributed by atoms with Crippen LogP contribution in [0.3, 0.4) is 0 Å². The van der Waals surface area contributed by atoms with E-state index in [9.17, 15) is 4.79 Å². The average molecular weight is 332 g/mol. The maximum absolute atomic E-state index is 11.7. The zero-order chi connectivity index (χ0) is 16.4. The third-order valence-electron chi connectivity index (χ3n) is 3.46. The van der Waals surface area contributed by atoms with E-state index in [-0.39, 0.29) is 0 Å². The van der Waals surface area contributed by atoms with Crippen LogP contribution in [-0.2, 0) is 14.3 Å². The van der Waals surface area contributed by atoms with Crippen LogP contribution in [0.15, 0.2) is 46.9 Å².